The molecule has 4 aromatic carbocycles. The summed E-state index contributed by atoms with van der Waals surface area (Å²) in [7, 11) is 1.61. The molecule has 10 nitrogen and oxygen atoms in total. The minimum absolute atomic E-state index is 0.257. The van der Waals surface area contributed by atoms with Crippen LogP contribution in [0.1, 0.15) is 29.2 Å². The number of benzene rings is 4. The Morgan fingerprint density at radius 2 is 1.65 bits per heavy atom. The van der Waals surface area contributed by atoms with Crippen LogP contribution in [0.4, 0.5) is 5.69 Å². The van der Waals surface area contributed by atoms with Gasteiger partial charge in [0.2, 0.25) is 0 Å². The zero-order valence-electron chi connectivity index (χ0n) is 23.6. The molecule has 0 bridgehead atoms. The van der Waals surface area contributed by atoms with Crippen molar-refractivity contribution in [2.45, 2.75) is 31.5 Å². The van der Waals surface area contributed by atoms with Gasteiger partial charge in [0, 0.05) is 6.42 Å². The molecule has 0 radical (unpaired) electrons. The molecule has 3 atom stereocenters. The largest absolute Gasteiger partial charge is 0.497 e. The maximum Gasteiger partial charge on any atom is 0.264 e. The van der Waals surface area contributed by atoms with Crippen LogP contribution in [0, 0.1) is 6.92 Å². The normalized spacial score (nSPS) is 21.1. The lowest BCUT2D eigenvalue weighted by Crippen LogP contribution is -2.44. The first-order valence-corrected chi connectivity index (χ1v) is 14.1. The van der Waals surface area contributed by atoms with Gasteiger partial charge in [-0.2, -0.15) is 10.2 Å². The molecule has 7 rings (SSSR count). The summed E-state index contributed by atoms with van der Waals surface area (Å²) in [5.41, 5.74) is 4.08. The van der Waals surface area contributed by atoms with E-state index in [1.54, 1.807) is 19.2 Å². The molecule has 0 saturated carbocycles. The van der Waals surface area contributed by atoms with Gasteiger partial charge in [-0.15, -0.1) is 0 Å². The second-order valence-electron chi connectivity index (χ2n) is 10.9. The van der Waals surface area contributed by atoms with Gasteiger partial charge < -0.3 is 4.74 Å². The molecule has 10 heteroatoms. The van der Waals surface area contributed by atoms with Crippen molar-refractivity contribution in [3.05, 3.63) is 108 Å². The topological polar surface area (TPSA) is 107 Å². The third kappa shape index (κ3) is 4.61. The van der Waals surface area contributed by atoms with E-state index >= 15 is 0 Å². The summed E-state index contributed by atoms with van der Waals surface area (Å²) in [6, 6.07) is 26.6. The second kappa shape index (κ2) is 10.5. The van der Waals surface area contributed by atoms with Gasteiger partial charge in [-0.05, 0) is 59.2 Å². The zero-order valence-corrected chi connectivity index (χ0v) is 23.6. The maximum absolute atomic E-state index is 13.9. The summed E-state index contributed by atoms with van der Waals surface area (Å²) in [5, 5.41) is 18.0. The lowest BCUT2D eigenvalue weighted by atomic mass is 9.97. The second-order valence-corrected chi connectivity index (χ2v) is 10.9. The first-order chi connectivity index (χ1) is 20.9. The Balaban J connectivity index is 1.17. The van der Waals surface area contributed by atoms with E-state index < -0.39 is 23.9 Å². The molecule has 214 valence electrons. The van der Waals surface area contributed by atoms with E-state index in [9.17, 15) is 14.4 Å². The van der Waals surface area contributed by atoms with Gasteiger partial charge in [-0.3, -0.25) is 19.4 Å². The number of amides is 3. The Hall–Kier alpha value is -5.38. The van der Waals surface area contributed by atoms with Crippen LogP contribution in [0.5, 0.6) is 5.75 Å². The van der Waals surface area contributed by atoms with Crippen molar-refractivity contribution in [1.29, 1.82) is 0 Å². The highest BCUT2D eigenvalue weighted by Crippen LogP contribution is 2.36. The predicted octanol–water partition coefficient (Wildman–Crippen LogP) is 4.83. The van der Waals surface area contributed by atoms with E-state index in [-0.39, 0.29) is 18.5 Å². The van der Waals surface area contributed by atoms with Crippen LogP contribution >= 0.6 is 0 Å². The zero-order chi connectivity index (χ0) is 29.7. The number of ether oxygens (including phenoxy) is 1. The highest BCUT2D eigenvalue weighted by molar-refractivity contribution is 6.25. The number of carbonyl (C=O) groups excluding carboxylic acids is 3. The van der Waals surface area contributed by atoms with Crippen molar-refractivity contribution in [2.24, 2.45) is 15.4 Å². The van der Waals surface area contributed by atoms with Crippen LogP contribution < -0.4 is 9.64 Å². The number of imide groups is 1. The number of aryl methyl sites for hydroxylation is 1. The molecule has 0 spiro atoms. The molecule has 43 heavy (non-hydrogen) atoms. The standard InChI is InChI=1S/C33H28N6O4/c1-20-7-13-25(14-8-20)38-32(41)30-31(33(38)42)37(36-34-30)19-29(40)39-28(22-11-15-26(43-2)16-12-22)18-27(35-39)24-10-9-21-5-3-4-6-23(21)17-24/h3-17,28,30-31H,18-19H2,1-2H3/t28-,30+,31-/m0/s1. The molecule has 0 aromatic heterocycles. The molecule has 0 aliphatic carbocycles. The minimum Gasteiger partial charge on any atom is -0.497 e. The number of carbonyl (C=O) groups is 3. The fourth-order valence-corrected chi connectivity index (χ4v) is 5.88. The fourth-order valence-electron chi connectivity index (χ4n) is 5.88. The lowest BCUT2D eigenvalue weighted by molar-refractivity contribution is -0.135. The molecular weight excluding hydrogens is 544 g/mol. The number of rotatable bonds is 6. The van der Waals surface area contributed by atoms with Crippen LogP contribution in [-0.2, 0) is 14.4 Å². The van der Waals surface area contributed by atoms with E-state index in [2.05, 4.69) is 22.5 Å². The van der Waals surface area contributed by atoms with Crippen LogP contribution in [0.3, 0.4) is 0 Å². The van der Waals surface area contributed by atoms with Crippen molar-refractivity contribution in [1.82, 2.24) is 10.0 Å². The summed E-state index contributed by atoms with van der Waals surface area (Å²) in [5.74, 6) is -0.553. The number of hydrogen-bond acceptors (Lipinski definition) is 8. The summed E-state index contributed by atoms with van der Waals surface area (Å²) < 4.78 is 5.33. The maximum atomic E-state index is 13.9. The van der Waals surface area contributed by atoms with Crippen molar-refractivity contribution in [3.63, 3.8) is 0 Å². The Labute approximate surface area is 247 Å². The van der Waals surface area contributed by atoms with Crippen LogP contribution in [0.25, 0.3) is 10.8 Å². The Kier molecular flexibility index (Phi) is 6.46. The number of methoxy groups -OCH3 is 1. The van der Waals surface area contributed by atoms with Gasteiger partial charge in [-0.1, -0.05) is 71.5 Å². The number of nitrogens with zero attached hydrogens (tertiary/aromatic N) is 6. The SMILES string of the molecule is COc1ccc([C@@H]2CC(c3ccc4ccccc4c3)=NN2C(=O)CN2N=N[C@H]3C(=O)N(c4ccc(C)cc4)C(=O)[C@H]32)cc1. The summed E-state index contributed by atoms with van der Waals surface area (Å²) >= 11 is 0. The fraction of sp³-hybridized carbons (Fsp3) is 0.212. The summed E-state index contributed by atoms with van der Waals surface area (Å²) in [6.07, 6.45) is 0.503. The quantitative estimate of drug-likeness (QED) is 0.308. The van der Waals surface area contributed by atoms with Crippen LogP contribution in [-0.4, -0.2) is 59.2 Å². The van der Waals surface area contributed by atoms with Gasteiger partial charge in [0.1, 0.15) is 12.3 Å². The average Bonchev–Trinajstić information content (AvgIpc) is 3.73. The Morgan fingerprint density at radius 3 is 2.40 bits per heavy atom. The third-order valence-electron chi connectivity index (χ3n) is 8.20. The first-order valence-electron chi connectivity index (χ1n) is 14.1. The predicted molar refractivity (Wildman–Crippen MR) is 160 cm³/mol. The smallest absolute Gasteiger partial charge is 0.264 e. The van der Waals surface area contributed by atoms with Crippen molar-refractivity contribution in [2.75, 3.05) is 18.6 Å². The van der Waals surface area contributed by atoms with Gasteiger partial charge in [-0.25, -0.2) is 9.91 Å². The van der Waals surface area contributed by atoms with E-state index in [0.29, 0.717) is 17.9 Å². The molecule has 0 unspecified atom stereocenters. The van der Waals surface area contributed by atoms with Gasteiger partial charge >= 0.3 is 0 Å². The van der Waals surface area contributed by atoms with Crippen LogP contribution in [0.15, 0.2) is 106 Å². The average molecular weight is 573 g/mol. The molecule has 1 fully saturated rings. The molecule has 3 amide bonds. The third-order valence-corrected chi connectivity index (χ3v) is 8.20. The molecule has 3 aliphatic rings. The number of anilines is 1. The monoisotopic (exact) mass is 572 g/mol. The Bertz CT molecular complexity index is 1820. The van der Waals surface area contributed by atoms with Gasteiger partial charge in [0.25, 0.3) is 17.7 Å². The van der Waals surface area contributed by atoms with E-state index in [1.807, 2.05) is 73.7 Å². The molecule has 1 saturated heterocycles. The molecule has 3 aliphatic heterocycles. The minimum atomic E-state index is -0.991. The first kappa shape index (κ1) is 26.5. The molecule has 3 heterocycles. The van der Waals surface area contributed by atoms with E-state index in [0.717, 1.165) is 38.1 Å². The number of hydrazone groups is 1. The molecular formula is C33H28N6O4. The summed E-state index contributed by atoms with van der Waals surface area (Å²) in [4.78, 5) is 41.7. The van der Waals surface area contributed by atoms with E-state index in [4.69, 9.17) is 9.84 Å². The van der Waals surface area contributed by atoms with E-state index in [1.165, 1.54) is 10.0 Å². The van der Waals surface area contributed by atoms with Gasteiger partial charge in [0.05, 0.1) is 24.6 Å². The number of hydrogen-bond donors (Lipinski definition) is 0. The highest BCUT2D eigenvalue weighted by Gasteiger charge is 2.55. The summed E-state index contributed by atoms with van der Waals surface area (Å²) in [6.45, 7) is 1.67. The van der Waals surface area contributed by atoms with Gasteiger partial charge in [0.15, 0.2) is 12.1 Å². The van der Waals surface area contributed by atoms with Crippen molar-refractivity contribution < 1.29 is 19.1 Å². The van der Waals surface area contributed by atoms with Crippen molar-refractivity contribution in [3.8, 4) is 5.75 Å². The van der Waals surface area contributed by atoms with Crippen molar-refractivity contribution >= 4 is 39.9 Å². The number of fused-ring (bicyclic) bond motifs is 2. The van der Waals surface area contributed by atoms with Crippen LogP contribution in [0.2, 0.25) is 0 Å². The lowest BCUT2D eigenvalue weighted by Gasteiger charge is -2.25. The molecule has 0 N–H and O–H groups in total. The Morgan fingerprint density at radius 1 is 0.907 bits per heavy atom. The molecule has 4 aromatic rings. The highest BCUT2D eigenvalue weighted by atomic mass is 16.5.